The molecule has 0 saturated carbocycles. The smallest absolute Gasteiger partial charge is 0.229 e. The average molecular weight is 509 g/mol. The fourth-order valence-corrected chi connectivity index (χ4v) is 5.84. The molecule has 1 N–H and O–H groups in total. The van der Waals surface area contributed by atoms with Gasteiger partial charge in [0, 0.05) is 55.2 Å². The molecule has 2 saturated heterocycles. The maximum Gasteiger partial charge on any atom is 0.229 e. The SMILES string of the molecule is O=C(C1CN(c2c3c(nc4ccnn24)CCNCC3)C1)N1CCC(c2ccc(Br)cc2)CC1. The van der Waals surface area contributed by atoms with Crippen LogP contribution in [0.15, 0.2) is 41.0 Å². The summed E-state index contributed by atoms with van der Waals surface area (Å²) in [7, 11) is 0. The van der Waals surface area contributed by atoms with Gasteiger partial charge in [0.15, 0.2) is 5.65 Å². The van der Waals surface area contributed by atoms with Crippen molar-refractivity contribution in [2.75, 3.05) is 44.2 Å². The van der Waals surface area contributed by atoms with Gasteiger partial charge in [0.2, 0.25) is 5.91 Å². The van der Waals surface area contributed by atoms with Crippen LogP contribution < -0.4 is 10.2 Å². The topological polar surface area (TPSA) is 65.8 Å². The monoisotopic (exact) mass is 508 g/mol. The molecule has 2 aromatic heterocycles. The van der Waals surface area contributed by atoms with Crippen molar-refractivity contribution >= 4 is 33.3 Å². The zero-order valence-electron chi connectivity index (χ0n) is 18.7. The second-order valence-electron chi connectivity index (χ2n) is 9.46. The van der Waals surface area contributed by atoms with Crippen LogP contribution in [0.2, 0.25) is 0 Å². The van der Waals surface area contributed by atoms with Crippen molar-refractivity contribution in [3.8, 4) is 0 Å². The number of carbonyl (C=O) groups excluding carboxylic acids is 1. The van der Waals surface area contributed by atoms with E-state index in [0.29, 0.717) is 11.8 Å². The molecule has 0 radical (unpaired) electrons. The van der Waals surface area contributed by atoms with Gasteiger partial charge < -0.3 is 15.1 Å². The molecule has 3 aliphatic rings. The molecule has 3 aliphatic heterocycles. The third-order valence-corrected chi connectivity index (χ3v) is 7.99. The first-order chi connectivity index (χ1) is 16.2. The summed E-state index contributed by atoms with van der Waals surface area (Å²) in [5.74, 6) is 2.09. The Morgan fingerprint density at radius 1 is 1.03 bits per heavy atom. The summed E-state index contributed by atoms with van der Waals surface area (Å²) in [6.45, 7) is 5.17. The van der Waals surface area contributed by atoms with E-state index in [0.717, 1.165) is 80.9 Å². The van der Waals surface area contributed by atoms with Crippen molar-refractivity contribution in [2.24, 2.45) is 5.92 Å². The lowest BCUT2D eigenvalue weighted by Gasteiger charge is -2.44. The van der Waals surface area contributed by atoms with Crippen molar-refractivity contribution in [1.29, 1.82) is 0 Å². The number of aromatic nitrogens is 3. The van der Waals surface area contributed by atoms with Crippen LogP contribution >= 0.6 is 15.9 Å². The molecule has 33 heavy (non-hydrogen) atoms. The van der Waals surface area contributed by atoms with Crippen LogP contribution in [0, 0.1) is 5.92 Å². The molecule has 2 fully saturated rings. The van der Waals surface area contributed by atoms with Gasteiger partial charge >= 0.3 is 0 Å². The molecule has 3 aromatic rings. The lowest BCUT2D eigenvalue weighted by molar-refractivity contribution is -0.137. The van der Waals surface area contributed by atoms with E-state index >= 15 is 0 Å². The van der Waals surface area contributed by atoms with E-state index in [1.807, 2.05) is 16.8 Å². The van der Waals surface area contributed by atoms with Gasteiger partial charge in [0.25, 0.3) is 0 Å². The summed E-state index contributed by atoms with van der Waals surface area (Å²) in [6, 6.07) is 10.6. The van der Waals surface area contributed by atoms with E-state index in [4.69, 9.17) is 4.98 Å². The number of halogens is 1. The van der Waals surface area contributed by atoms with E-state index in [9.17, 15) is 4.79 Å². The second-order valence-corrected chi connectivity index (χ2v) is 10.4. The zero-order valence-corrected chi connectivity index (χ0v) is 20.3. The van der Waals surface area contributed by atoms with Crippen LogP contribution in [0.25, 0.3) is 5.65 Å². The van der Waals surface area contributed by atoms with E-state index in [-0.39, 0.29) is 5.92 Å². The molecule has 172 valence electrons. The van der Waals surface area contributed by atoms with Gasteiger partial charge in [-0.25, -0.2) is 4.98 Å². The standard InChI is InChI=1S/C25H29BrN6O/c26-20-3-1-17(2-4-20)18-8-13-30(14-9-18)25(33)19-15-31(16-19)24-21-5-10-27-11-6-22(21)29-23-7-12-28-32(23)24/h1-4,7,12,18-19,27H,5-6,8-11,13-16H2. The van der Waals surface area contributed by atoms with Gasteiger partial charge in [0.1, 0.15) is 5.82 Å². The molecule has 7 nitrogen and oxygen atoms in total. The van der Waals surface area contributed by atoms with Crippen LogP contribution in [-0.4, -0.2) is 64.7 Å². The summed E-state index contributed by atoms with van der Waals surface area (Å²) < 4.78 is 3.08. The number of benzene rings is 1. The third-order valence-electron chi connectivity index (χ3n) is 7.46. The first kappa shape index (κ1) is 21.1. The fourth-order valence-electron chi connectivity index (χ4n) is 5.57. The Hall–Kier alpha value is -2.45. The Bertz CT molecular complexity index is 1160. The molecule has 0 atom stereocenters. The molecular formula is C25H29BrN6O. The number of nitrogens with one attached hydrogen (secondary N) is 1. The molecular weight excluding hydrogens is 480 g/mol. The number of piperidine rings is 1. The van der Waals surface area contributed by atoms with E-state index in [1.54, 1.807) is 0 Å². The molecule has 0 aliphatic carbocycles. The molecule has 1 amide bonds. The lowest BCUT2D eigenvalue weighted by Crippen LogP contribution is -2.56. The number of fused-ring (bicyclic) bond motifs is 2. The van der Waals surface area contributed by atoms with E-state index < -0.39 is 0 Å². The van der Waals surface area contributed by atoms with Crippen LogP contribution in [0.1, 0.15) is 35.6 Å². The first-order valence-corrected chi connectivity index (χ1v) is 12.8. The normalized spacial score (nSPS) is 19.9. The van der Waals surface area contributed by atoms with E-state index in [2.05, 4.69) is 60.4 Å². The Morgan fingerprint density at radius 2 is 1.79 bits per heavy atom. The average Bonchev–Trinajstić information content (AvgIpc) is 3.15. The Kier molecular flexibility index (Phi) is 5.58. The summed E-state index contributed by atoms with van der Waals surface area (Å²) >= 11 is 3.52. The van der Waals surface area contributed by atoms with Crippen LogP contribution in [0.5, 0.6) is 0 Å². The maximum absolute atomic E-state index is 13.3. The van der Waals surface area contributed by atoms with Gasteiger partial charge in [-0.2, -0.15) is 9.61 Å². The van der Waals surface area contributed by atoms with Gasteiger partial charge in [-0.15, -0.1) is 0 Å². The fraction of sp³-hybridized carbons (Fsp3) is 0.480. The second kappa shape index (κ2) is 8.72. The highest BCUT2D eigenvalue weighted by Gasteiger charge is 2.39. The summed E-state index contributed by atoms with van der Waals surface area (Å²) in [4.78, 5) is 22.5. The van der Waals surface area contributed by atoms with E-state index in [1.165, 1.54) is 16.8 Å². The highest BCUT2D eigenvalue weighted by atomic mass is 79.9. The Labute approximate surface area is 202 Å². The Balaban J connectivity index is 1.13. The molecule has 5 heterocycles. The zero-order chi connectivity index (χ0) is 22.4. The number of rotatable bonds is 3. The Morgan fingerprint density at radius 3 is 2.58 bits per heavy atom. The minimum Gasteiger partial charge on any atom is -0.354 e. The molecule has 0 spiro atoms. The molecule has 1 aromatic carbocycles. The largest absolute Gasteiger partial charge is 0.354 e. The number of hydrogen-bond acceptors (Lipinski definition) is 5. The van der Waals surface area contributed by atoms with Crippen LogP contribution in [0.4, 0.5) is 5.82 Å². The third kappa shape index (κ3) is 3.93. The summed E-state index contributed by atoms with van der Waals surface area (Å²) in [6.07, 6.45) is 5.80. The molecule has 0 bridgehead atoms. The highest BCUT2D eigenvalue weighted by Crippen LogP contribution is 2.34. The number of amides is 1. The van der Waals surface area contributed by atoms with Crippen molar-refractivity contribution in [1.82, 2.24) is 24.8 Å². The maximum atomic E-state index is 13.3. The number of anilines is 1. The molecule has 0 unspecified atom stereocenters. The number of nitrogens with zero attached hydrogens (tertiary/aromatic N) is 5. The number of likely N-dealkylation sites (tertiary alicyclic amines) is 1. The molecule has 6 rings (SSSR count). The van der Waals surface area contributed by atoms with Crippen molar-refractivity contribution in [3.05, 3.63) is 57.8 Å². The predicted octanol–water partition coefficient (Wildman–Crippen LogP) is 3.02. The van der Waals surface area contributed by atoms with Gasteiger partial charge in [0.05, 0.1) is 17.8 Å². The van der Waals surface area contributed by atoms with Crippen molar-refractivity contribution in [3.63, 3.8) is 0 Å². The lowest BCUT2D eigenvalue weighted by atomic mass is 9.88. The minimum absolute atomic E-state index is 0.0764. The number of carbonyl (C=O) groups is 1. The van der Waals surface area contributed by atoms with Gasteiger partial charge in [-0.05, 0) is 49.4 Å². The van der Waals surface area contributed by atoms with Crippen molar-refractivity contribution < 1.29 is 4.79 Å². The minimum atomic E-state index is 0.0764. The summed E-state index contributed by atoms with van der Waals surface area (Å²) in [5, 5.41) is 8.04. The van der Waals surface area contributed by atoms with Gasteiger partial charge in [-0.3, -0.25) is 4.79 Å². The predicted molar refractivity (Wildman–Crippen MR) is 132 cm³/mol. The summed E-state index contributed by atoms with van der Waals surface area (Å²) in [5.41, 5.74) is 4.75. The highest BCUT2D eigenvalue weighted by molar-refractivity contribution is 9.10. The quantitative estimate of drug-likeness (QED) is 0.588. The van der Waals surface area contributed by atoms with Crippen LogP contribution in [0.3, 0.4) is 0 Å². The first-order valence-electron chi connectivity index (χ1n) is 12.0. The van der Waals surface area contributed by atoms with Crippen molar-refractivity contribution in [2.45, 2.75) is 31.6 Å². The van der Waals surface area contributed by atoms with Gasteiger partial charge in [-0.1, -0.05) is 28.1 Å². The number of hydrogen-bond donors (Lipinski definition) is 1. The van der Waals surface area contributed by atoms with Crippen LogP contribution in [-0.2, 0) is 17.6 Å². The molecule has 8 heteroatoms.